The molecule has 0 spiro atoms. The summed E-state index contributed by atoms with van der Waals surface area (Å²) in [6.45, 7) is 2.09. The highest BCUT2D eigenvalue weighted by molar-refractivity contribution is 9.11. The van der Waals surface area contributed by atoms with E-state index in [0.29, 0.717) is 16.7 Å². The molecule has 0 saturated carbocycles. The van der Waals surface area contributed by atoms with Crippen LogP contribution in [0.2, 0.25) is 5.15 Å². The van der Waals surface area contributed by atoms with Gasteiger partial charge >= 0.3 is 0 Å². The second kappa shape index (κ2) is 5.50. The standard InChI is InChI=1S/C11H9Br2ClN2O/c1-2-3-7-8(13)10(14)16-11(15-7)9-6(12)4-5-17-9/h4-5H,2-3H2,1H3. The van der Waals surface area contributed by atoms with Gasteiger partial charge in [-0.1, -0.05) is 24.9 Å². The van der Waals surface area contributed by atoms with E-state index in [2.05, 4.69) is 48.8 Å². The van der Waals surface area contributed by atoms with Crippen molar-refractivity contribution in [3.05, 3.63) is 32.1 Å². The minimum absolute atomic E-state index is 0.404. The van der Waals surface area contributed by atoms with E-state index in [9.17, 15) is 0 Å². The second-order valence-corrected chi connectivity index (χ2v) is 5.45. The molecule has 0 unspecified atom stereocenters. The zero-order valence-electron chi connectivity index (χ0n) is 9.01. The highest BCUT2D eigenvalue weighted by atomic mass is 79.9. The molecule has 0 fully saturated rings. The summed E-state index contributed by atoms with van der Waals surface area (Å²) in [7, 11) is 0. The number of rotatable bonds is 3. The number of aromatic nitrogens is 2. The summed E-state index contributed by atoms with van der Waals surface area (Å²) in [6.07, 6.45) is 3.41. The van der Waals surface area contributed by atoms with Crippen molar-refractivity contribution in [3.8, 4) is 11.6 Å². The van der Waals surface area contributed by atoms with Crippen LogP contribution in [0.5, 0.6) is 0 Å². The minimum atomic E-state index is 0.404. The lowest BCUT2D eigenvalue weighted by atomic mass is 10.2. The molecule has 2 rings (SSSR count). The smallest absolute Gasteiger partial charge is 0.198 e. The number of nitrogens with zero attached hydrogens (tertiary/aromatic N) is 2. The van der Waals surface area contributed by atoms with Gasteiger partial charge in [0.1, 0.15) is 5.15 Å². The topological polar surface area (TPSA) is 38.9 Å². The summed E-state index contributed by atoms with van der Waals surface area (Å²) < 4.78 is 6.91. The second-order valence-electron chi connectivity index (χ2n) is 3.45. The normalized spacial score (nSPS) is 10.8. The summed E-state index contributed by atoms with van der Waals surface area (Å²) in [6, 6.07) is 1.80. The molecule has 2 aromatic heterocycles. The molecule has 0 bridgehead atoms. The fraction of sp³-hybridized carbons (Fsp3) is 0.273. The zero-order valence-corrected chi connectivity index (χ0v) is 12.9. The first-order valence-corrected chi connectivity index (χ1v) is 7.05. The van der Waals surface area contributed by atoms with E-state index in [1.54, 1.807) is 12.3 Å². The molecule has 0 aromatic carbocycles. The maximum Gasteiger partial charge on any atom is 0.198 e. The van der Waals surface area contributed by atoms with E-state index >= 15 is 0 Å². The van der Waals surface area contributed by atoms with Gasteiger partial charge in [-0.05, 0) is 44.3 Å². The van der Waals surface area contributed by atoms with Crippen LogP contribution in [0, 0.1) is 0 Å². The van der Waals surface area contributed by atoms with Crippen LogP contribution in [-0.4, -0.2) is 9.97 Å². The fourth-order valence-corrected chi connectivity index (χ4v) is 2.36. The molecule has 0 aliphatic rings. The predicted octanol–water partition coefficient (Wildman–Crippen LogP) is 4.87. The Morgan fingerprint density at radius 1 is 1.35 bits per heavy atom. The molecule has 0 amide bonds. The highest BCUT2D eigenvalue weighted by Gasteiger charge is 2.15. The highest BCUT2D eigenvalue weighted by Crippen LogP contribution is 2.31. The molecular formula is C11H9Br2ClN2O. The summed E-state index contributed by atoms with van der Waals surface area (Å²) in [4.78, 5) is 8.66. The Hall–Kier alpha value is -0.390. The van der Waals surface area contributed by atoms with E-state index in [1.807, 2.05) is 0 Å². The fourth-order valence-electron chi connectivity index (χ4n) is 1.42. The van der Waals surface area contributed by atoms with Crippen molar-refractivity contribution in [2.75, 3.05) is 0 Å². The van der Waals surface area contributed by atoms with Gasteiger partial charge in [0.05, 0.1) is 20.9 Å². The van der Waals surface area contributed by atoms with Gasteiger partial charge in [0, 0.05) is 0 Å². The summed E-state index contributed by atoms with van der Waals surface area (Å²) in [5.74, 6) is 1.09. The van der Waals surface area contributed by atoms with Crippen molar-refractivity contribution in [2.24, 2.45) is 0 Å². The maximum absolute atomic E-state index is 6.07. The zero-order chi connectivity index (χ0) is 12.4. The third-order valence-electron chi connectivity index (χ3n) is 2.19. The third-order valence-corrected chi connectivity index (χ3v) is 4.15. The van der Waals surface area contributed by atoms with E-state index < -0.39 is 0 Å². The molecule has 2 aromatic rings. The summed E-state index contributed by atoms with van der Waals surface area (Å²) in [5.41, 5.74) is 0.894. The number of furan rings is 1. The van der Waals surface area contributed by atoms with E-state index in [1.165, 1.54) is 0 Å². The molecule has 6 heteroatoms. The quantitative estimate of drug-likeness (QED) is 0.713. The molecule has 0 aliphatic heterocycles. The molecule has 0 atom stereocenters. The van der Waals surface area contributed by atoms with Crippen LogP contribution in [0.15, 0.2) is 25.7 Å². The van der Waals surface area contributed by atoms with Crippen molar-refractivity contribution >= 4 is 43.5 Å². The monoisotopic (exact) mass is 378 g/mol. The Bertz CT molecular complexity index is 542. The van der Waals surface area contributed by atoms with Crippen molar-refractivity contribution in [2.45, 2.75) is 19.8 Å². The Kier molecular flexibility index (Phi) is 4.22. The van der Waals surface area contributed by atoms with Gasteiger partial charge in [-0.25, -0.2) is 9.97 Å². The Morgan fingerprint density at radius 2 is 2.12 bits per heavy atom. The first-order chi connectivity index (χ1) is 8.13. The van der Waals surface area contributed by atoms with Gasteiger partial charge in [0.25, 0.3) is 0 Å². The Morgan fingerprint density at radius 3 is 2.71 bits per heavy atom. The van der Waals surface area contributed by atoms with Gasteiger partial charge in [-0.2, -0.15) is 0 Å². The molecule has 0 N–H and O–H groups in total. The van der Waals surface area contributed by atoms with Crippen LogP contribution in [0.3, 0.4) is 0 Å². The van der Waals surface area contributed by atoms with Crippen molar-refractivity contribution in [1.82, 2.24) is 9.97 Å². The lowest BCUT2D eigenvalue weighted by molar-refractivity contribution is 0.575. The van der Waals surface area contributed by atoms with Crippen LogP contribution >= 0.6 is 43.5 Å². The molecule has 0 saturated heterocycles. The van der Waals surface area contributed by atoms with Crippen LogP contribution < -0.4 is 0 Å². The van der Waals surface area contributed by atoms with Gasteiger partial charge in [0.15, 0.2) is 11.6 Å². The van der Waals surface area contributed by atoms with Crippen LogP contribution in [-0.2, 0) is 6.42 Å². The van der Waals surface area contributed by atoms with Crippen LogP contribution in [0.4, 0.5) is 0 Å². The van der Waals surface area contributed by atoms with E-state index in [0.717, 1.165) is 27.5 Å². The van der Waals surface area contributed by atoms with Gasteiger partial charge in [0.2, 0.25) is 0 Å². The number of hydrogen-bond acceptors (Lipinski definition) is 3. The van der Waals surface area contributed by atoms with Gasteiger partial charge < -0.3 is 4.42 Å². The number of hydrogen-bond donors (Lipinski definition) is 0. The molecular weight excluding hydrogens is 371 g/mol. The van der Waals surface area contributed by atoms with Crippen LogP contribution in [0.25, 0.3) is 11.6 Å². The molecule has 0 aliphatic carbocycles. The van der Waals surface area contributed by atoms with Crippen molar-refractivity contribution < 1.29 is 4.42 Å². The Labute approximate surface area is 121 Å². The SMILES string of the molecule is CCCc1nc(-c2occc2Br)nc(Cl)c1Br. The summed E-state index contributed by atoms with van der Waals surface area (Å²) >= 11 is 12.8. The maximum atomic E-state index is 6.07. The molecule has 2 heterocycles. The molecule has 90 valence electrons. The largest absolute Gasteiger partial charge is 0.460 e. The molecule has 17 heavy (non-hydrogen) atoms. The Balaban J connectivity index is 2.53. The molecule has 0 radical (unpaired) electrons. The van der Waals surface area contributed by atoms with Crippen molar-refractivity contribution in [3.63, 3.8) is 0 Å². The molecule has 3 nitrogen and oxygen atoms in total. The number of aryl methyl sites for hydroxylation is 1. The average Bonchev–Trinajstić information content (AvgIpc) is 2.71. The predicted molar refractivity (Wildman–Crippen MR) is 74.1 cm³/mol. The first-order valence-electron chi connectivity index (χ1n) is 5.08. The lowest BCUT2D eigenvalue weighted by Crippen LogP contribution is -1.98. The van der Waals surface area contributed by atoms with E-state index in [4.69, 9.17) is 16.0 Å². The minimum Gasteiger partial charge on any atom is -0.460 e. The van der Waals surface area contributed by atoms with Crippen LogP contribution in [0.1, 0.15) is 19.0 Å². The lowest BCUT2D eigenvalue weighted by Gasteiger charge is -2.06. The number of halogens is 3. The van der Waals surface area contributed by atoms with Gasteiger partial charge in [-0.15, -0.1) is 0 Å². The summed E-state index contributed by atoms with van der Waals surface area (Å²) in [5, 5.41) is 0.404. The van der Waals surface area contributed by atoms with E-state index in [-0.39, 0.29) is 0 Å². The first kappa shape index (κ1) is 13.1. The third kappa shape index (κ3) is 2.72. The van der Waals surface area contributed by atoms with Gasteiger partial charge in [-0.3, -0.25) is 0 Å². The van der Waals surface area contributed by atoms with Crippen molar-refractivity contribution in [1.29, 1.82) is 0 Å². The average molecular weight is 380 g/mol.